The summed E-state index contributed by atoms with van der Waals surface area (Å²) in [5.74, 6) is 0.0936. The first-order valence-electron chi connectivity index (χ1n) is 8.03. The summed E-state index contributed by atoms with van der Waals surface area (Å²) in [6.07, 6.45) is 1.33. The molecule has 1 atom stereocenters. The Labute approximate surface area is 141 Å². The first-order valence-corrected chi connectivity index (χ1v) is 8.91. The smallest absolute Gasteiger partial charge is 0.307 e. The first-order chi connectivity index (χ1) is 11.0. The van der Waals surface area contributed by atoms with E-state index in [4.69, 9.17) is 4.74 Å². The molecule has 1 aliphatic heterocycles. The average molecular weight is 339 g/mol. The van der Waals surface area contributed by atoms with Gasteiger partial charge in [-0.3, -0.25) is 9.59 Å². The predicted molar refractivity (Wildman–Crippen MR) is 89.4 cm³/mol. The minimum absolute atomic E-state index is 0.0360. The van der Waals surface area contributed by atoms with Gasteiger partial charge >= 0.3 is 5.97 Å². The molecule has 0 bridgehead atoms. The van der Waals surface area contributed by atoms with Gasteiger partial charge in [-0.05, 0) is 29.3 Å². The number of methoxy groups -OCH3 is 1. The molecule has 128 valence electrons. The lowest BCUT2D eigenvalue weighted by molar-refractivity contribution is -0.142. The van der Waals surface area contributed by atoms with Crippen LogP contribution in [0.2, 0.25) is 0 Å². The number of fused-ring (bicyclic) bond motifs is 1. The summed E-state index contributed by atoms with van der Waals surface area (Å²) in [5.41, 5.74) is 1.30. The van der Waals surface area contributed by atoms with E-state index in [1.807, 2.05) is 0 Å². The molecule has 2 heterocycles. The molecule has 0 saturated heterocycles. The molecule has 1 aromatic heterocycles. The summed E-state index contributed by atoms with van der Waals surface area (Å²) in [5, 5.41) is 2.06. The maximum absolute atomic E-state index is 12.7. The van der Waals surface area contributed by atoms with Gasteiger partial charge in [-0.15, -0.1) is 11.3 Å². The van der Waals surface area contributed by atoms with Gasteiger partial charge in [0.2, 0.25) is 5.91 Å². The number of hydrogen-bond donors (Lipinski definition) is 0. The van der Waals surface area contributed by atoms with Crippen LogP contribution in [0.4, 0.5) is 0 Å². The van der Waals surface area contributed by atoms with Crippen molar-refractivity contribution in [3.05, 3.63) is 21.9 Å². The molecule has 0 fully saturated rings. The Bertz CT molecular complexity index is 540. The van der Waals surface area contributed by atoms with Crippen LogP contribution in [0.1, 0.15) is 43.2 Å². The van der Waals surface area contributed by atoms with Crippen LogP contribution in [0.15, 0.2) is 11.4 Å². The van der Waals surface area contributed by atoms with Crippen molar-refractivity contribution in [1.82, 2.24) is 4.90 Å². The van der Waals surface area contributed by atoms with Gasteiger partial charge in [0.05, 0.1) is 26.6 Å². The van der Waals surface area contributed by atoms with E-state index in [1.165, 1.54) is 17.6 Å². The van der Waals surface area contributed by atoms with E-state index < -0.39 is 0 Å². The molecule has 0 saturated carbocycles. The van der Waals surface area contributed by atoms with E-state index in [9.17, 15) is 9.59 Å². The second-order valence-corrected chi connectivity index (χ2v) is 7.13. The van der Waals surface area contributed by atoms with Crippen molar-refractivity contribution in [2.45, 2.75) is 39.2 Å². The fourth-order valence-corrected chi connectivity index (χ4v) is 3.75. The van der Waals surface area contributed by atoms with Gasteiger partial charge in [-0.1, -0.05) is 13.8 Å². The monoisotopic (exact) mass is 339 g/mol. The summed E-state index contributed by atoms with van der Waals surface area (Å²) in [7, 11) is 1.37. The number of hydrogen-bond acceptors (Lipinski definition) is 5. The third kappa shape index (κ3) is 5.04. The third-order valence-electron chi connectivity index (χ3n) is 3.88. The highest BCUT2D eigenvalue weighted by Crippen LogP contribution is 2.34. The highest BCUT2D eigenvalue weighted by Gasteiger charge is 2.27. The van der Waals surface area contributed by atoms with Crippen LogP contribution in [-0.4, -0.2) is 43.6 Å². The number of ether oxygens (including phenoxy) is 2. The third-order valence-corrected chi connectivity index (χ3v) is 4.93. The molecule has 1 unspecified atom stereocenters. The molecule has 0 N–H and O–H groups in total. The molecule has 0 aliphatic carbocycles. The van der Waals surface area contributed by atoms with Crippen LogP contribution >= 0.6 is 11.3 Å². The summed E-state index contributed by atoms with van der Waals surface area (Å²) < 4.78 is 10.5. The molecule has 5 nitrogen and oxygen atoms in total. The standard InChI is InChI=1S/C17H25NO4S/c1-12(2)11-18(7-4-16(20)21-3)15(19)10-14-17-13(5-8-22-14)6-9-23-17/h6,9,12,14H,4-5,7-8,10-11H2,1-3H3. The van der Waals surface area contributed by atoms with Crippen molar-refractivity contribution in [1.29, 1.82) is 0 Å². The fraction of sp³-hybridized carbons (Fsp3) is 0.647. The van der Waals surface area contributed by atoms with Gasteiger partial charge in [-0.2, -0.15) is 0 Å². The van der Waals surface area contributed by atoms with Crippen molar-refractivity contribution < 1.29 is 19.1 Å². The van der Waals surface area contributed by atoms with E-state index >= 15 is 0 Å². The fourth-order valence-electron chi connectivity index (χ4n) is 2.75. The largest absolute Gasteiger partial charge is 0.469 e. The molecule has 1 aliphatic rings. The van der Waals surface area contributed by atoms with E-state index in [-0.39, 0.29) is 24.4 Å². The van der Waals surface area contributed by atoms with Crippen LogP contribution in [-0.2, 0) is 25.5 Å². The number of carbonyl (C=O) groups excluding carboxylic acids is 2. The number of rotatable bonds is 7. The predicted octanol–water partition coefficient (Wildman–Crippen LogP) is 2.80. The second kappa shape index (κ2) is 8.45. The van der Waals surface area contributed by atoms with E-state index in [2.05, 4.69) is 30.0 Å². The Hall–Kier alpha value is -1.40. The summed E-state index contributed by atoms with van der Waals surface area (Å²) >= 11 is 1.65. The van der Waals surface area contributed by atoms with Crippen molar-refractivity contribution >= 4 is 23.2 Å². The molecule has 1 aromatic rings. The Balaban J connectivity index is 1.99. The Kier molecular flexibility index (Phi) is 6.59. The van der Waals surface area contributed by atoms with Gasteiger partial charge in [0.15, 0.2) is 0 Å². The molecular formula is C17H25NO4S. The second-order valence-electron chi connectivity index (χ2n) is 6.18. The van der Waals surface area contributed by atoms with Gasteiger partial charge in [0, 0.05) is 18.0 Å². The molecule has 0 aromatic carbocycles. The number of amides is 1. The van der Waals surface area contributed by atoms with Crippen LogP contribution in [0, 0.1) is 5.92 Å². The Morgan fingerprint density at radius 2 is 2.26 bits per heavy atom. The molecule has 1 amide bonds. The average Bonchev–Trinajstić information content (AvgIpc) is 3.00. The number of nitrogens with zero attached hydrogens (tertiary/aromatic N) is 1. The number of carbonyl (C=O) groups is 2. The zero-order valence-corrected chi connectivity index (χ0v) is 14.9. The molecule has 2 rings (SSSR count). The summed E-state index contributed by atoms with van der Waals surface area (Å²) in [6.45, 7) is 5.82. The quantitative estimate of drug-likeness (QED) is 0.717. The molecule has 23 heavy (non-hydrogen) atoms. The minimum Gasteiger partial charge on any atom is -0.469 e. The lowest BCUT2D eigenvalue weighted by atomic mass is 10.0. The van der Waals surface area contributed by atoms with Crippen molar-refractivity contribution in [2.24, 2.45) is 5.92 Å². The van der Waals surface area contributed by atoms with E-state index in [0.29, 0.717) is 32.0 Å². The highest BCUT2D eigenvalue weighted by atomic mass is 32.1. The van der Waals surface area contributed by atoms with Gasteiger partial charge < -0.3 is 14.4 Å². The zero-order valence-electron chi connectivity index (χ0n) is 14.0. The van der Waals surface area contributed by atoms with Gasteiger partial charge in [0.25, 0.3) is 0 Å². The van der Waals surface area contributed by atoms with E-state index in [0.717, 1.165) is 6.42 Å². The summed E-state index contributed by atoms with van der Waals surface area (Å²) in [6, 6.07) is 2.11. The van der Waals surface area contributed by atoms with Crippen molar-refractivity contribution in [3.63, 3.8) is 0 Å². The molecule has 0 spiro atoms. The Morgan fingerprint density at radius 1 is 1.48 bits per heavy atom. The van der Waals surface area contributed by atoms with Gasteiger partial charge in [-0.25, -0.2) is 0 Å². The molecular weight excluding hydrogens is 314 g/mol. The van der Waals surface area contributed by atoms with Crippen molar-refractivity contribution in [3.8, 4) is 0 Å². The van der Waals surface area contributed by atoms with Crippen molar-refractivity contribution in [2.75, 3.05) is 26.8 Å². The van der Waals surface area contributed by atoms with Crippen LogP contribution in [0.3, 0.4) is 0 Å². The maximum Gasteiger partial charge on any atom is 0.307 e. The van der Waals surface area contributed by atoms with Crippen LogP contribution in [0.25, 0.3) is 0 Å². The Morgan fingerprint density at radius 3 is 2.96 bits per heavy atom. The van der Waals surface area contributed by atoms with Crippen LogP contribution < -0.4 is 0 Å². The minimum atomic E-state index is -0.291. The van der Waals surface area contributed by atoms with E-state index in [1.54, 1.807) is 16.2 Å². The number of esters is 1. The van der Waals surface area contributed by atoms with Crippen LogP contribution in [0.5, 0.6) is 0 Å². The lowest BCUT2D eigenvalue weighted by Crippen LogP contribution is -2.37. The maximum atomic E-state index is 12.7. The summed E-state index contributed by atoms with van der Waals surface area (Å²) in [4.78, 5) is 27.0. The normalized spacial score (nSPS) is 17.0. The molecule has 6 heteroatoms. The highest BCUT2D eigenvalue weighted by molar-refractivity contribution is 7.10. The zero-order chi connectivity index (χ0) is 16.8. The lowest BCUT2D eigenvalue weighted by Gasteiger charge is -2.28. The SMILES string of the molecule is COC(=O)CCN(CC(C)C)C(=O)CC1OCCc2ccsc21. The topological polar surface area (TPSA) is 55.8 Å². The first kappa shape index (κ1) is 17.9. The number of thiophene rings is 1. The van der Waals surface area contributed by atoms with Gasteiger partial charge in [0.1, 0.15) is 6.10 Å². The molecule has 0 radical (unpaired) electrons.